The number of carbonyl (C=O) groups is 1. The van der Waals surface area contributed by atoms with Crippen molar-refractivity contribution in [3.05, 3.63) is 18.0 Å². The molecule has 1 aliphatic carbocycles. The van der Waals surface area contributed by atoms with E-state index in [1.165, 1.54) is 12.8 Å². The fraction of sp³-hybridized carbons (Fsp3) is 0.625. The molecule has 2 aromatic rings. The van der Waals surface area contributed by atoms with Gasteiger partial charge >= 0.3 is 0 Å². The fourth-order valence-electron chi connectivity index (χ4n) is 3.52. The van der Waals surface area contributed by atoms with Crippen LogP contribution in [-0.2, 0) is 4.79 Å². The first-order valence-electron chi connectivity index (χ1n) is 8.42. The van der Waals surface area contributed by atoms with Gasteiger partial charge < -0.3 is 10.2 Å². The molecular weight excluding hydrogens is 292 g/mol. The van der Waals surface area contributed by atoms with Crippen molar-refractivity contribution in [1.29, 1.82) is 0 Å². The summed E-state index contributed by atoms with van der Waals surface area (Å²) < 4.78 is 1.77. The predicted octanol–water partition coefficient (Wildman–Crippen LogP) is 1.18. The molecule has 0 atom stereocenters. The smallest absolute Gasteiger partial charge is 0.223 e. The Kier molecular flexibility index (Phi) is 3.63. The number of amides is 1. The second-order valence-electron chi connectivity index (χ2n) is 6.71. The Labute approximate surface area is 135 Å². The number of aryl methyl sites for hydroxylation is 1. The van der Waals surface area contributed by atoms with E-state index in [1.807, 2.05) is 19.1 Å². The number of rotatable bonds is 4. The third kappa shape index (κ3) is 2.75. The first-order chi connectivity index (χ1) is 11.2. The lowest BCUT2D eigenvalue weighted by atomic mass is 9.99. The van der Waals surface area contributed by atoms with Gasteiger partial charge in [-0.05, 0) is 31.9 Å². The zero-order valence-electron chi connectivity index (χ0n) is 13.4. The van der Waals surface area contributed by atoms with Gasteiger partial charge in [0.2, 0.25) is 5.91 Å². The Balaban J connectivity index is 1.30. The monoisotopic (exact) mass is 314 g/mol. The van der Waals surface area contributed by atoms with E-state index in [0.717, 1.165) is 49.8 Å². The van der Waals surface area contributed by atoms with Gasteiger partial charge in [0.15, 0.2) is 11.5 Å². The summed E-state index contributed by atoms with van der Waals surface area (Å²) >= 11 is 0. The number of anilines is 1. The molecule has 1 saturated carbocycles. The summed E-state index contributed by atoms with van der Waals surface area (Å²) in [6.45, 7) is 4.54. The number of fused-ring (bicyclic) bond motifs is 1. The van der Waals surface area contributed by atoms with Gasteiger partial charge in [-0.3, -0.25) is 4.79 Å². The van der Waals surface area contributed by atoms with Crippen molar-refractivity contribution in [3.8, 4) is 0 Å². The van der Waals surface area contributed by atoms with Crippen LogP contribution in [0.25, 0.3) is 5.65 Å². The summed E-state index contributed by atoms with van der Waals surface area (Å²) in [7, 11) is 0. The van der Waals surface area contributed by atoms with E-state index in [-0.39, 0.29) is 11.8 Å². The molecule has 2 aromatic heterocycles. The first-order valence-corrected chi connectivity index (χ1v) is 8.42. The Hall–Kier alpha value is -2.18. The molecule has 1 N–H and O–H groups in total. The molecule has 0 spiro atoms. The maximum absolute atomic E-state index is 12.0. The molecule has 7 nitrogen and oxygen atoms in total. The van der Waals surface area contributed by atoms with Crippen molar-refractivity contribution in [2.24, 2.45) is 11.8 Å². The van der Waals surface area contributed by atoms with Crippen LogP contribution in [-0.4, -0.2) is 45.4 Å². The summed E-state index contributed by atoms with van der Waals surface area (Å²) in [6, 6.07) is 3.92. The highest BCUT2D eigenvalue weighted by Gasteiger charge is 2.30. The van der Waals surface area contributed by atoms with Crippen molar-refractivity contribution < 1.29 is 4.79 Å². The van der Waals surface area contributed by atoms with E-state index in [9.17, 15) is 4.79 Å². The van der Waals surface area contributed by atoms with Crippen LogP contribution in [0.3, 0.4) is 0 Å². The molecule has 0 aromatic carbocycles. The van der Waals surface area contributed by atoms with Gasteiger partial charge in [-0.25, -0.2) is 0 Å². The standard InChI is InChI=1S/C16H22N6O/c1-11-18-19-14-6-7-15(20-22(11)14)21-9-12(10-21)8-17-16(23)13-4-2-3-5-13/h6-7,12-13H,2-5,8-10H2,1H3,(H,17,23). The van der Waals surface area contributed by atoms with Gasteiger partial charge in [-0.2, -0.15) is 4.52 Å². The van der Waals surface area contributed by atoms with Crippen molar-refractivity contribution >= 4 is 17.4 Å². The average molecular weight is 314 g/mol. The topological polar surface area (TPSA) is 75.4 Å². The molecule has 1 amide bonds. The quantitative estimate of drug-likeness (QED) is 0.917. The third-order valence-electron chi connectivity index (χ3n) is 4.98. The molecule has 0 bridgehead atoms. The lowest BCUT2D eigenvalue weighted by Gasteiger charge is -2.40. The van der Waals surface area contributed by atoms with Gasteiger partial charge in [0.1, 0.15) is 5.82 Å². The Morgan fingerprint density at radius 2 is 2.04 bits per heavy atom. The number of hydrogen-bond donors (Lipinski definition) is 1. The maximum atomic E-state index is 12.0. The normalized spacial score (nSPS) is 19.3. The highest BCUT2D eigenvalue weighted by atomic mass is 16.1. The summed E-state index contributed by atoms with van der Waals surface area (Å²) in [5, 5.41) is 15.8. The van der Waals surface area contributed by atoms with Crippen LogP contribution >= 0.6 is 0 Å². The van der Waals surface area contributed by atoms with Crippen molar-refractivity contribution in [3.63, 3.8) is 0 Å². The summed E-state index contributed by atoms with van der Waals surface area (Å²) in [6.07, 6.45) is 4.52. The molecule has 0 unspecified atom stereocenters. The second-order valence-corrected chi connectivity index (χ2v) is 6.71. The van der Waals surface area contributed by atoms with Gasteiger partial charge in [-0.1, -0.05) is 12.8 Å². The number of nitrogens with one attached hydrogen (secondary N) is 1. The number of nitrogens with zero attached hydrogens (tertiary/aromatic N) is 5. The zero-order chi connectivity index (χ0) is 15.8. The van der Waals surface area contributed by atoms with Gasteiger partial charge in [0, 0.05) is 31.5 Å². The molecule has 2 fully saturated rings. The Morgan fingerprint density at radius 1 is 1.26 bits per heavy atom. The van der Waals surface area contributed by atoms with Gasteiger partial charge in [0.25, 0.3) is 0 Å². The Bertz CT molecular complexity index is 714. The fourth-order valence-corrected chi connectivity index (χ4v) is 3.52. The molecule has 122 valence electrons. The van der Waals surface area contributed by atoms with E-state index >= 15 is 0 Å². The van der Waals surface area contributed by atoms with Crippen LogP contribution in [0, 0.1) is 18.8 Å². The molecule has 23 heavy (non-hydrogen) atoms. The average Bonchev–Trinajstić information content (AvgIpc) is 3.16. The van der Waals surface area contributed by atoms with Crippen LogP contribution < -0.4 is 10.2 Å². The second kappa shape index (κ2) is 5.79. The molecule has 0 radical (unpaired) electrons. The SMILES string of the molecule is Cc1nnc2ccc(N3CC(CNC(=O)C4CCCC4)C3)nn12. The lowest BCUT2D eigenvalue weighted by molar-refractivity contribution is -0.125. The minimum atomic E-state index is 0.251. The predicted molar refractivity (Wildman–Crippen MR) is 86.2 cm³/mol. The number of hydrogen-bond acceptors (Lipinski definition) is 5. The van der Waals surface area contributed by atoms with E-state index in [1.54, 1.807) is 4.52 Å². The molecule has 4 rings (SSSR count). The summed E-state index contributed by atoms with van der Waals surface area (Å²) in [4.78, 5) is 14.3. The molecular formula is C16H22N6O. The van der Waals surface area contributed by atoms with Crippen LogP contribution in [0.4, 0.5) is 5.82 Å². The zero-order valence-corrected chi connectivity index (χ0v) is 13.4. The van der Waals surface area contributed by atoms with Crippen molar-refractivity contribution in [2.75, 3.05) is 24.5 Å². The van der Waals surface area contributed by atoms with Crippen LogP contribution in [0.1, 0.15) is 31.5 Å². The summed E-state index contributed by atoms with van der Waals surface area (Å²) in [5.74, 6) is 2.76. The minimum Gasteiger partial charge on any atom is -0.355 e. The molecule has 3 heterocycles. The maximum Gasteiger partial charge on any atom is 0.223 e. The van der Waals surface area contributed by atoms with E-state index < -0.39 is 0 Å². The van der Waals surface area contributed by atoms with Crippen molar-refractivity contribution in [2.45, 2.75) is 32.6 Å². The number of aromatic nitrogens is 4. The minimum absolute atomic E-state index is 0.251. The van der Waals surface area contributed by atoms with E-state index in [2.05, 4.69) is 25.5 Å². The largest absolute Gasteiger partial charge is 0.355 e. The highest BCUT2D eigenvalue weighted by molar-refractivity contribution is 5.78. The van der Waals surface area contributed by atoms with E-state index in [0.29, 0.717) is 5.92 Å². The van der Waals surface area contributed by atoms with Crippen LogP contribution in [0.2, 0.25) is 0 Å². The Morgan fingerprint density at radius 3 is 2.83 bits per heavy atom. The lowest BCUT2D eigenvalue weighted by Crippen LogP contribution is -2.52. The highest BCUT2D eigenvalue weighted by Crippen LogP contribution is 2.25. The first kappa shape index (κ1) is 14.4. The summed E-state index contributed by atoms with van der Waals surface area (Å²) in [5.41, 5.74) is 0.771. The molecule has 2 aliphatic rings. The van der Waals surface area contributed by atoms with Crippen LogP contribution in [0.15, 0.2) is 12.1 Å². The third-order valence-corrected chi connectivity index (χ3v) is 4.98. The van der Waals surface area contributed by atoms with Gasteiger partial charge in [-0.15, -0.1) is 15.3 Å². The van der Waals surface area contributed by atoms with Crippen LogP contribution in [0.5, 0.6) is 0 Å². The van der Waals surface area contributed by atoms with Gasteiger partial charge in [0.05, 0.1) is 0 Å². The molecule has 7 heteroatoms. The molecule has 1 aliphatic heterocycles. The van der Waals surface area contributed by atoms with Crippen molar-refractivity contribution in [1.82, 2.24) is 25.1 Å². The number of carbonyl (C=O) groups excluding carboxylic acids is 1. The molecule has 1 saturated heterocycles. The van der Waals surface area contributed by atoms with E-state index in [4.69, 9.17) is 0 Å².